The number of rotatable bonds is 16. The molecule has 0 fully saturated rings. The van der Waals surface area contributed by atoms with Crippen molar-refractivity contribution >= 4 is 15.7 Å². The van der Waals surface area contributed by atoms with E-state index < -0.39 is 43.9 Å². The van der Waals surface area contributed by atoms with Crippen LogP contribution in [0.3, 0.4) is 0 Å². The van der Waals surface area contributed by atoms with Crippen molar-refractivity contribution in [3.05, 3.63) is 77.2 Å². The average Bonchev–Trinajstić information content (AvgIpc) is 2.85. The first-order chi connectivity index (χ1) is 18.0. The lowest BCUT2D eigenvalue weighted by Crippen LogP contribution is -2.47. The molecule has 8 heteroatoms. The topological polar surface area (TPSA) is 75.3 Å². The van der Waals surface area contributed by atoms with Crippen molar-refractivity contribution in [2.75, 3.05) is 6.54 Å². The van der Waals surface area contributed by atoms with Crippen LogP contribution in [-0.4, -0.2) is 32.2 Å². The minimum absolute atomic E-state index is 0.000610. The Labute approximate surface area is 227 Å². The summed E-state index contributed by atoms with van der Waals surface area (Å²) in [5, 5.41) is 4.13. The lowest BCUT2D eigenvalue weighted by molar-refractivity contribution is -0.124. The Kier molecular flexibility index (Phi) is 12.9. The summed E-state index contributed by atoms with van der Waals surface area (Å²) in [6.07, 6.45) is 4.79. The first kappa shape index (κ1) is 31.9. The third kappa shape index (κ3) is 9.16. The maximum atomic E-state index is 14.3. The summed E-state index contributed by atoms with van der Waals surface area (Å²) in [7, 11) is -3.95. The molecule has 2 aromatic rings. The van der Waals surface area contributed by atoms with Crippen LogP contribution in [0.15, 0.2) is 42.5 Å². The fourth-order valence-corrected chi connectivity index (χ4v) is 7.29. The van der Waals surface area contributed by atoms with Gasteiger partial charge in [-0.2, -0.15) is 0 Å². The van der Waals surface area contributed by atoms with E-state index in [1.807, 2.05) is 26.0 Å². The summed E-state index contributed by atoms with van der Waals surface area (Å²) in [4.78, 5) is 12.8. The molecule has 0 saturated heterocycles. The van der Waals surface area contributed by atoms with Gasteiger partial charge in [0.25, 0.3) is 0 Å². The predicted octanol–water partition coefficient (Wildman–Crippen LogP) is 6.09. The summed E-state index contributed by atoms with van der Waals surface area (Å²) in [6.45, 7) is 10.2. The second kappa shape index (κ2) is 15.3. The van der Waals surface area contributed by atoms with Gasteiger partial charge in [0.2, 0.25) is 5.91 Å². The Bertz CT molecular complexity index is 1110. The number of carbonyl (C=O) groups is 1. The Morgan fingerprint density at radius 1 is 0.947 bits per heavy atom. The second-order valence-corrected chi connectivity index (χ2v) is 12.5. The monoisotopic (exact) mass is 549 g/mol. The molecular weight excluding hydrogens is 506 g/mol. The van der Waals surface area contributed by atoms with Crippen LogP contribution in [-0.2, 0) is 27.6 Å². The standard InChI is InChI=1S/C30H43F2N2O3S/c1-6-10-27(11-7-2)38(36,37)29(24-17-25(31)19-26(32)18-24)28(34-30(35)21(4)5)14-15-33-20-23-13-9-12-22(8-3)16-23/h9,12-14,16-19,21,27-29,33H,6-8,10-11,15,20H2,1-5H3,(H,34,35)/t28-,29?/m0/s1. The van der Waals surface area contributed by atoms with Gasteiger partial charge in [-0.15, -0.1) is 0 Å². The molecule has 0 aliphatic rings. The molecule has 38 heavy (non-hydrogen) atoms. The van der Waals surface area contributed by atoms with Gasteiger partial charge < -0.3 is 10.6 Å². The minimum Gasteiger partial charge on any atom is -0.351 e. The highest BCUT2D eigenvalue weighted by molar-refractivity contribution is 7.92. The van der Waals surface area contributed by atoms with Crippen LogP contribution in [0.25, 0.3) is 0 Å². The molecule has 0 saturated carbocycles. The van der Waals surface area contributed by atoms with E-state index in [9.17, 15) is 22.0 Å². The normalized spacial score (nSPS) is 13.6. The number of benzene rings is 2. The van der Waals surface area contributed by atoms with Crippen LogP contribution in [0.1, 0.15) is 82.2 Å². The van der Waals surface area contributed by atoms with Crippen LogP contribution in [0.5, 0.6) is 0 Å². The Hall–Kier alpha value is -2.32. The van der Waals surface area contributed by atoms with Crippen molar-refractivity contribution in [2.24, 2.45) is 5.92 Å². The number of carbonyl (C=O) groups excluding carboxylic acids is 1. The summed E-state index contributed by atoms with van der Waals surface area (Å²) in [5.41, 5.74) is 2.30. The third-order valence-electron chi connectivity index (χ3n) is 6.66. The van der Waals surface area contributed by atoms with Crippen LogP contribution in [0.2, 0.25) is 0 Å². The first-order valence-corrected chi connectivity index (χ1v) is 15.2. The molecule has 0 aliphatic carbocycles. The van der Waals surface area contributed by atoms with Gasteiger partial charge in [-0.25, -0.2) is 17.2 Å². The number of aryl methyl sites for hydroxylation is 1. The van der Waals surface area contributed by atoms with Crippen molar-refractivity contribution in [3.63, 3.8) is 0 Å². The van der Waals surface area contributed by atoms with Gasteiger partial charge in [-0.3, -0.25) is 4.79 Å². The molecule has 0 aromatic heterocycles. The molecule has 1 amide bonds. The van der Waals surface area contributed by atoms with E-state index in [0.717, 1.165) is 30.2 Å². The molecule has 0 spiro atoms. The average molecular weight is 550 g/mol. The highest BCUT2D eigenvalue weighted by Crippen LogP contribution is 2.35. The summed E-state index contributed by atoms with van der Waals surface area (Å²) >= 11 is 0. The molecule has 2 aromatic carbocycles. The highest BCUT2D eigenvalue weighted by atomic mass is 32.2. The molecule has 0 heterocycles. The van der Waals surface area contributed by atoms with Crippen LogP contribution < -0.4 is 10.6 Å². The Balaban J connectivity index is 2.44. The van der Waals surface area contributed by atoms with Crippen molar-refractivity contribution < 1.29 is 22.0 Å². The lowest BCUT2D eigenvalue weighted by Gasteiger charge is -2.32. The number of hydrogen-bond acceptors (Lipinski definition) is 4. The summed E-state index contributed by atoms with van der Waals surface area (Å²) < 4.78 is 56.9. The first-order valence-electron chi connectivity index (χ1n) is 13.6. The molecule has 5 nitrogen and oxygen atoms in total. The van der Waals surface area contributed by atoms with Crippen molar-refractivity contribution in [1.82, 2.24) is 10.6 Å². The van der Waals surface area contributed by atoms with E-state index in [2.05, 4.69) is 29.7 Å². The maximum Gasteiger partial charge on any atom is 0.222 e. The Morgan fingerprint density at radius 2 is 1.55 bits per heavy atom. The smallest absolute Gasteiger partial charge is 0.222 e. The highest BCUT2D eigenvalue weighted by Gasteiger charge is 2.40. The second-order valence-electron chi connectivity index (χ2n) is 10.1. The summed E-state index contributed by atoms with van der Waals surface area (Å²) in [6, 6.07) is 10.0. The molecule has 2 N–H and O–H groups in total. The molecule has 2 rings (SSSR count). The SMILES string of the molecule is CCCC(CCC)S(=O)(=O)C(c1cc(F)cc(F)c1)[C@H]([CH]CNCc1cccc(CC)c1)NC(=O)C(C)C. The molecular formula is C30H43F2N2O3S. The summed E-state index contributed by atoms with van der Waals surface area (Å²) in [5.74, 6) is -2.44. The van der Waals surface area contributed by atoms with E-state index in [1.165, 1.54) is 5.56 Å². The van der Waals surface area contributed by atoms with Crippen molar-refractivity contribution in [3.8, 4) is 0 Å². The van der Waals surface area contributed by atoms with Crippen molar-refractivity contribution in [1.29, 1.82) is 0 Å². The number of halogens is 2. The number of hydrogen-bond donors (Lipinski definition) is 2. The van der Waals surface area contributed by atoms with Gasteiger partial charge in [0.15, 0.2) is 9.84 Å². The fraction of sp³-hybridized carbons (Fsp3) is 0.533. The molecule has 1 unspecified atom stereocenters. The molecule has 1 radical (unpaired) electrons. The predicted molar refractivity (Wildman–Crippen MR) is 150 cm³/mol. The van der Waals surface area contributed by atoms with Gasteiger partial charge in [0, 0.05) is 25.1 Å². The van der Waals surface area contributed by atoms with Gasteiger partial charge >= 0.3 is 0 Å². The molecule has 211 valence electrons. The van der Waals surface area contributed by atoms with Crippen LogP contribution >= 0.6 is 0 Å². The number of amides is 1. The third-order valence-corrected chi connectivity index (χ3v) is 9.33. The maximum absolute atomic E-state index is 14.3. The van der Waals surface area contributed by atoms with Gasteiger partial charge in [-0.05, 0) is 54.5 Å². The zero-order valence-electron chi connectivity index (χ0n) is 23.3. The largest absolute Gasteiger partial charge is 0.351 e. The number of nitrogens with one attached hydrogen (secondary N) is 2. The van der Waals surface area contributed by atoms with Crippen LogP contribution in [0.4, 0.5) is 8.78 Å². The van der Waals surface area contributed by atoms with Gasteiger partial charge in [-0.1, -0.05) is 71.7 Å². The Morgan fingerprint density at radius 3 is 2.11 bits per heavy atom. The quantitative estimate of drug-likeness (QED) is 0.249. The zero-order valence-corrected chi connectivity index (χ0v) is 24.1. The van der Waals surface area contributed by atoms with E-state index in [0.29, 0.717) is 32.2 Å². The molecule has 0 aliphatic heterocycles. The van der Waals surface area contributed by atoms with E-state index in [1.54, 1.807) is 20.3 Å². The van der Waals surface area contributed by atoms with Crippen LogP contribution in [0, 0.1) is 24.0 Å². The van der Waals surface area contributed by atoms with E-state index >= 15 is 0 Å². The fourth-order valence-electron chi connectivity index (χ4n) is 4.64. The molecule has 0 bridgehead atoms. The van der Waals surface area contributed by atoms with Crippen molar-refractivity contribution in [2.45, 2.75) is 89.8 Å². The zero-order chi connectivity index (χ0) is 28.3. The van der Waals surface area contributed by atoms with E-state index in [4.69, 9.17) is 0 Å². The number of sulfone groups is 1. The lowest BCUT2D eigenvalue weighted by atomic mass is 10.0. The minimum atomic E-state index is -3.95. The van der Waals surface area contributed by atoms with Gasteiger partial charge in [0.05, 0.1) is 11.3 Å². The van der Waals surface area contributed by atoms with Gasteiger partial charge in [0.1, 0.15) is 16.9 Å². The van der Waals surface area contributed by atoms with E-state index in [-0.39, 0.29) is 18.0 Å². The molecule has 2 atom stereocenters.